The van der Waals surface area contributed by atoms with Crippen LogP contribution in [0.3, 0.4) is 0 Å². The first kappa shape index (κ1) is 40.1. The maximum atomic E-state index is 14.6. The number of nitrogens with zero attached hydrogens (tertiary/aromatic N) is 3. The van der Waals surface area contributed by atoms with Gasteiger partial charge in [0.2, 0.25) is 27.7 Å². The van der Waals surface area contributed by atoms with Crippen molar-refractivity contribution in [2.24, 2.45) is 11.3 Å². The van der Waals surface area contributed by atoms with Gasteiger partial charge >= 0.3 is 6.09 Å². The van der Waals surface area contributed by atoms with E-state index in [1.54, 1.807) is 52.9 Å². The van der Waals surface area contributed by atoms with Gasteiger partial charge in [-0.2, -0.15) is 0 Å². The molecule has 2 saturated carbocycles. The van der Waals surface area contributed by atoms with E-state index in [9.17, 15) is 27.6 Å². The number of nitrogens with one attached hydrogen (secondary N) is 3. The Balaban J connectivity index is 1.30. The summed E-state index contributed by atoms with van der Waals surface area (Å²) in [6, 6.07) is 9.18. The van der Waals surface area contributed by atoms with Crippen molar-refractivity contribution in [1.82, 2.24) is 30.2 Å². The molecule has 5 atom stereocenters. The molecule has 1 saturated heterocycles. The largest absolute Gasteiger partial charge is 0.471 e. The molecule has 4 amide bonds. The van der Waals surface area contributed by atoms with E-state index in [1.807, 2.05) is 41.8 Å². The predicted octanol–water partition coefficient (Wildman–Crippen LogP) is 4.43. The Bertz CT molecular complexity index is 2070. The highest BCUT2D eigenvalue weighted by Gasteiger charge is 2.62. The van der Waals surface area contributed by atoms with Gasteiger partial charge in [0.15, 0.2) is 0 Å². The zero-order valence-corrected chi connectivity index (χ0v) is 33.7. The second-order valence-electron chi connectivity index (χ2n) is 16.7. The monoisotopic (exact) mass is 794 g/mol. The Morgan fingerprint density at radius 1 is 1.04 bits per heavy atom. The van der Waals surface area contributed by atoms with E-state index in [4.69, 9.17) is 19.4 Å². The van der Waals surface area contributed by atoms with Crippen LogP contribution >= 0.6 is 11.3 Å². The average Bonchev–Trinajstić information content (AvgIpc) is 3.98. The molecule has 3 aromatic rings. The molecule has 3 N–H and O–H groups in total. The van der Waals surface area contributed by atoms with E-state index in [0.717, 1.165) is 0 Å². The Morgan fingerprint density at radius 3 is 2.31 bits per heavy atom. The van der Waals surface area contributed by atoms with Crippen molar-refractivity contribution in [3.05, 3.63) is 65.0 Å². The lowest BCUT2D eigenvalue weighted by molar-refractivity contribution is -0.143. The van der Waals surface area contributed by atoms with Gasteiger partial charge in [0.25, 0.3) is 5.91 Å². The van der Waals surface area contributed by atoms with Crippen molar-refractivity contribution in [2.75, 3.05) is 6.54 Å². The molecular weight excluding hydrogens is 745 g/mol. The first-order chi connectivity index (χ1) is 25.8. The highest BCUT2D eigenvalue weighted by atomic mass is 32.2. The molecule has 1 aliphatic heterocycles. The van der Waals surface area contributed by atoms with Gasteiger partial charge in [0.1, 0.15) is 35.0 Å². The molecule has 3 heterocycles. The number of benzene rings is 1. The van der Waals surface area contributed by atoms with Gasteiger partial charge in [-0.05, 0) is 81.9 Å². The number of rotatable bonds is 13. The average molecular weight is 795 g/mol. The number of para-hydroxylation sites is 2. The van der Waals surface area contributed by atoms with Crippen molar-refractivity contribution >= 4 is 56.2 Å². The molecule has 16 heteroatoms. The van der Waals surface area contributed by atoms with Gasteiger partial charge in [-0.15, -0.1) is 17.9 Å². The Kier molecular flexibility index (Phi) is 11.1. The van der Waals surface area contributed by atoms with Crippen molar-refractivity contribution < 1.29 is 37.1 Å². The second kappa shape index (κ2) is 15.2. The van der Waals surface area contributed by atoms with Crippen molar-refractivity contribution in [2.45, 2.75) is 115 Å². The van der Waals surface area contributed by atoms with Crippen LogP contribution in [0.15, 0.2) is 54.4 Å². The van der Waals surface area contributed by atoms with Gasteiger partial charge in [0.05, 0.1) is 22.8 Å². The fourth-order valence-electron chi connectivity index (χ4n) is 6.77. The van der Waals surface area contributed by atoms with Gasteiger partial charge in [0, 0.05) is 17.2 Å². The third kappa shape index (κ3) is 9.29. The van der Waals surface area contributed by atoms with Gasteiger partial charge in [-0.1, -0.05) is 45.0 Å². The van der Waals surface area contributed by atoms with Gasteiger partial charge in [-0.3, -0.25) is 19.1 Å². The molecule has 2 aliphatic carbocycles. The summed E-state index contributed by atoms with van der Waals surface area (Å²) in [6.45, 7) is 14.2. The van der Waals surface area contributed by atoms with Crippen LogP contribution in [0, 0.1) is 11.3 Å². The summed E-state index contributed by atoms with van der Waals surface area (Å²) in [7, 11) is -3.91. The zero-order valence-electron chi connectivity index (χ0n) is 32.1. The van der Waals surface area contributed by atoms with Crippen LogP contribution in [0.25, 0.3) is 11.0 Å². The topological polar surface area (TPSA) is 186 Å². The maximum absolute atomic E-state index is 14.6. The number of fused-ring (bicyclic) bond motifs is 1. The normalized spacial score (nSPS) is 23.1. The van der Waals surface area contributed by atoms with Gasteiger partial charge < -0.3 is 25.0 Å². The van der Waals surface area contributed by atoms with E-state index < -0.39 is 79.7 Å². The number of carbonyl (C=O) groups excluding carboxylic acids is 4. The molecule has 1 unspecified atom stereocenters. The molecular formula is C39H50N6O8S2. The fraction of sp³-hybridized carbons (Fsp3) is 0.538. The Labute approximate surface area is 325 Å². The summed E-state index contributed by atoms with van der Waals surface area (Å²) in [5.41, 5.74) is -1.28. The summed E-state index contributed by atoms with van der Waals surface area (Å²) < 4.78 is 39.7. The summed E-state index contributed by atoms with van der Waals surface area (Å²) >= 11 is 1.64. The number of ether oxygens (including phenoxy) is 2. The molecule has 0 bridgehead atoms. The quantitative estimate of drug-likeness (QED) is 0.209. The summed E-state index contributed by atoms with van der Waals surface area (Å²) in [5.74, 6) is -2.32. The number of alkyl carbamates (subject to hydrolysis) is 1. The summed E-state index contributed by atoms with van der Waals surface area (Å²) in [5, 5.41) is 6.89. The Morgan fingerprint density at radius 2 is 1.73 bits per heavy atom. The number of aryl methyl sites for hydroxylation is 2. The third-order valence-corrected chi connectivity index (χ3v) is 12.7. The van der Waals surface area contributed by atoms with Crippen molar-refractivity contribution in [3.8, 4) is 5.88 Å². The molecule has 3 aliphatic rings. The number of hydrogen-bond acceptors (Lipinski definition) is 11. The molecule has 6 rings (SSSR count). The standard InChI is InChI=1S/C39H50N6O8S2/c1-8-23-21-39(23,35(48)44-55(50,51)26-16-17-26)43-32(46)30-20-24(22-45(30)34(47)31(37(2,3)4)42-36(49)53-38(5,6)7)52-33-29(18-15-25-12-11-19-54-25)40-27-13-9-10-14-28(27)41-33/h8-14,19,23-24,26,30-31H,1,15-18,20-22H2,2-7H3,(H,42,49)(H,43,46)(H,44,48)/t23-,24-,30+,31-,39?/m1/s1. The minimum atomic E-state index is -3.91. The second-order valence-corrected chi connectivity index (χ2v) is 19.6. The maximum Gasteiger partial charge on any atom is 0.408 e. The molecule has 14 nitrogen and oxygen atoms in total. The minimum absolute atomic E-state index is 0.0105. The molecule has 296 valence electrons. The van der Waals surface area contributed by atoms with Crippen LogP contribution < -0.4 is 20.1 Å². The number of carbonyl (C=O) groups is 4. The van der Waals surface area contributed by atoms with E-state index in [-0.39, 0.29) is 25.3 Å². The highest BCUT2D eigenvalue weighted by molar-refractivity contribution is 7.91. The molecule has 0 radical (unpaired) electrons. The summed E-state index contributed by atoms with van der Waals surface area (Å²) in [4.78, 5) is 67.8. The lowest BCUT2D eigenvalue weighted by Gasteiger charge is -2.36. The molecule has 3 fully saturated rings. The molecule has 2 aromatic heterocycles. The number of amides is 4. The predicted molar refractivity (Wildman–Crippen MR) is 208 cm³/mol. The zero-order chi connectivity index (χ0) is 39.9. The van der Waals surface area contributed by atoms with Crippen LogP contribution in [-0.4, -0.2) is 88.2 Å². The van der Waals surface area contributed by atoms with Crippen LogP contribution in [0.4, 0.5) is 4.79 Å². The lowest BCUT2D eigenvalue weighted by Crippen LogP contribution is -2.60. The first-order valence-electron chi connectivity index (χ1n) is 18.5. The number of thiophene rings is 1. The van der Waals surface area contributed by atoms with E-state index in [0.29, 0.717) is 42.4 Å². The van der Waals surface area contributed by atoms with Gasteiger partial charge in [-0.25, -0.2) is 23.2 Å². The third-order valence-electron chi connectivity index (χ3n) is 9.94. The molecule has 55 heavy (non-hydrogen) atoms. The number of hydrogen-bond donors (Lipinski definition) is 3. The first-order valence-corrected chi connectivity index (χ1v) is 21.0. The minimum Gasteiger partial charge on any atom is -0.471 e. The van der Waals surface area contributed by atoms with Crippen LogP contribution in [0.2, 0.25) is 0 Å². The number of sulfonamides is 1. The number of aromatic nitrogens is 2. The van der Waals surface area contributed by atoms with Crippen molar-refractivity contribution in [3.63, 3.8) is 0 Å². The molecule has 1 aromatic carbocycles. The van der Waals surface area contributed by atoms with E-state index in [2.05, 4.69) is 21.9 Å². The fourth-order valence-corrected chi connectivity index (χ4v) is 8.84. The van der Waals surface area contributed by atoms with Crippen LogP contribution in [0.1, 0.15) is 77.8 Å². The van der Waals surface area contributed by atoms with E-state index >= 15 is 0 Å². The lowest BCUT2D eigenvalue weighted by atomic mass is 9.85. The van der Waals surface area contributed by atoms with Crippen LogP contribution in [-0.2, 0) is 42.0 Å². The number of likely N-dealkylation sites (tertiary alicyclic amines) is 1. The summed E-state index contributed by atoms with van der Waals surface area (Å²) in [6.07, 6.45) is 2.26. The van der Waals surface area contributed by atoms with Crippen molar-refractivity contribution in [1.29, 1.82) is 0 Å². The Hall–Kier alpha value is -4.57. The SMILES string of the molecule is C=C[C@@H]1CC1(NC(=O)[C@@H]1C[C@@H](Oc2nc3ccccc3nc2CCc2cccs2)CN1C(=O)[C@@H](NC(=O)OC(C)(C)C)C(C)(C)C)C(=O)NS(=O)(=O)C1CC1. The highest BCUT2D eigenvalue weighted by Crippen LogP contribution is 2.45. The molecule has 0 spiro atoms. The van der Waals surface area contributed by atoms with Crippen LogP contribution in [0.5, 0.6) is 5.88 Å². The van der Waals surface area contributed by atoms with E-state index in [1.165, 1.54) is 15.9 Å². The smallest absolute Gasteiger partial charge is 0.408 e.